The first kappa shape index (κ1) is 22.1. The fourth-order valence-electron chi connectivity index (χ4n) is 2.91. The first-order valence-electron chi connectivity index (χ1n) is 8.74. The molecular weight excluding hydrogens is 481 g/mol. The van der Waals surface area contributed by atoms with Gasteiger partial charge in [0.15, 0.2) is 5.96 Å². The van der Waals surface area contributed by atoms with Gasteiger partial charge in [-0.05, 0) is 13.0 Å². The molecule has 1 aromatic heterocycles. The van der Waals surface area contributed by atoms with Gasteiger partial charge in [-0.25, -0.2) is 13.8 Å². The van der Waals surface area contributed by atoms with E-state index in [2.05, 4.69) is 15.4 Å². The summed E-state index contributed by atoms with van der Waals surface area (Å²) in [5, 5.41) is 7.22. The van der Waals surface area contributed by atoms with Crippen LogP contribution in [0.4, 0.5) is 14.5 Å². The molecule has 1 N–H and O–H groups in total. The van der Waals surface area contributed by atoms with Crippen LogP contribution in [-0.2, 0) is 18.4 Å². The lowest BCUT2D eigenvalue weighted by Gasteiger charge is -2.35. The zero-order valence-corrected chi connectivity index (χ0v) is 18.1. The first-order valence-corrected chi connectivity index (χ1v) is 8.74. The molecule has 2 heterocycles. The van der Waals surface area contributed by atoms with E-state index < -0.39 is 11.6 Å². The molecule has 0 radical (unpaired) electrons. The van der Waals surface area contributed by atoms with E-state index in [-0.39, 0.29) is 43.0 Å². The number of amides is 1. The van der Waals surface area contributed by atoms with Gasteiger partial charge in [0.2, 0.25) is 5.91 Å². The lowest BCUT2D eigenvalue weighted by molar-refractivity contribution is -0.120. The second kappa shape index (κ2) is 9.80. The topological polar surface area (TPSA) is 65.8 Å². The Morgan fingerprint density at radius 1 is 1.32 bits per heavy atom. The number of aromatic nitrogens is 2. The van der Waals surface area contributed by atoms with Crippen molar-refractivity contribution in [3.8, 4) is 0 Å². The number of piperazine rings is 1. The number of halogens is 3. The summed E-state index contributed by atoms with van der Waals surface area (Å²) in [6.45, 7) is 3.83. The molecular formula is C18H23F2IN6O. The van der Waals surface area contributed by atoms with Gasteiger partial charge in [0.1, 0.15) is 18.2 Å². The summed E-state index contributed by atoms with van der Waals surface area (Å²) in [5.74, 6) is -0.787. The van der Waals surface area contributed by atoms with Crippen LogP contribution in [0.15, 0.2) is 35.6 Å². The maximum Gasteiger partial charge on any atom is 0.246 e. The largest absolute Gasteiger partial charge is 0.356 e. The molecule has 1 aliphatic heterocycles. The smallest absolute Gasteiger partial charge is 0.246 e. The summed E-state index contributed by atoms with van der Waals surface area (Å²) in [6.07, 6.45) is 3.45. The van der Waals surface area contributed by atoms with Crippen LogP contribution < -0.4 is 10.2 Å². The Bertz CT molecular complexity index is 856. The van der Waals surface area contributed by atoms with Crippen molar-refractivity contribution >= 4 is 41.5 Å². The lowest BCUT2D eigenvalue weighted by Crippen LogP contribution is -2.55. The number of hydrogen-bond donors (Lipinski definition) is 1. The third kappa shape index (κ3) is 5.18. The number of rotatable bonds is 4. The van der Waals surface area contributed by atoms with Crippen molar-refractivity contribution in [1.82, 2.24) is 20.0 Å². The number of hydrogen-bond acceptors (Lipinski definition) is 3. The quantitative estimate of drug-likeness (QED) is 0.394. The van der Waals surface area contributed by atoms with E-state index >= 15 is 0 Å². The molecule has 1 fully saturated rings. The third-order valence-electron chi connectivity index (χ3n) is 4.27. The van der Waals surface area contributed by atoms with Gasteiger partial charge in [-0.15, -0.1) is 24.0 Å². The Morgan fingerprint density at radius 2 is 2.11 bits per heavy atom. The van der Waals surface area contributed by atoms with Crippen LogP contribution in [0.3, 0.4) is 0 Å². The highest BCUT2D eigenvalue weighted by Gasteiger charge is 2.27. The monoisotopic (exact) mass is 504 g/mol. The Kier molecular flexibility index (Phi) is 7.72. The molecule has 0 aliphatic carbocycles. The fourth-order valence-corrected chi connectivity index (χ4v) is 2.91. The van der Waals surface area contributed by atoms with Crippen LogP contribution in [0, 0.1) is 11.6 Å². The molecule has 7 nitrogen and oxygen atoms in total. The van der Waals surface area contributed by atoms with E-state index in [9.17, 15) is 13.6 Å². The third-order valence-corrected chi connectivity index (χ3v) is 4.27. The molecule has 28 heavy (non-hydrogen) atoms. The fraction of sp³-hybridized carbons (Fsp3) is 0.389. The summed E-state index contributed by atoms with van der Waals surface area (Å²) < 4.78 is 28.5. The molecule has 0 saturated carbocycles. The maximum atomic E-state index is 13.8. The van der Waals surface area contributed by atoms with Crippen molar-refractivity contribution in [1.29, 1.82) is 0 Å². The first-order chi connectivity index (χ1) is 13.0. The molecule has 0 atom stereocenters. The summed E-state index contributed by atoms with van der Waals surface area (Å²) in [4.78, 5) is 20.5. The average molecular weight is 504 g/mol. The molecule has 1 amide bonds. The number of anilines is 1. The summed E-state index contributed by atoms with van der Waals surface area (Å²) in [6, 6.07) is 3.42. The van der Waals surface area contributed by atoms with Gasteiger partial charge in [0.25, 0.3) is 0 Å². The van der Waals surface area contributed by atoms with Gasteiger partial charge in [0.05, 0.1) is 18.4 Å². The summed E-state index contributed by atoms with van der Waals surface area (Å²) in [7, 11) is 1.80. The normalized spacial score (nSPS) is 14.9. The van der Waals surface area contributed by atoms with Gasteiger partial charge in [-0.2, -0.15) is 5.10 Å². The van der Waals surface area contributed by atoms with Crippen LogP contribution in [0.2, 0.25) is 0 Å². The minimum Gasteiger partial charge on any atom is -0.356 e. The number of benzene rings is 1. The van der Waals surface area contributed by atoms with Gasteiger partial charge in [-0.3, -0.25) is 9.48 Å². The number of carbonyl (C=O) groups excluding carboxylic acids is 1. The molecule has 2 aromatic rings. The van der Waals surface area contributed by atoms with E-state index in [1.807, 2.05) is 11.8 Å². The molecule has 152 valence electrons. The van der Waals surface area contributed by atoms with Crippen molar-refractivity contribution < 1.29 is 13.6 Å². The second-order valence-electron chi connectivity index (χ2n) is 6.25. The van der Waals surface area contributed by atoms with Crippen molar-refractivity contribution in [3.05, 3.63) is 47.8 Å². The highest BCUT2D eigenvalue weighted by Crippen LogP contribution is 2.16. The standard InChI is InChI=1S/C18H22F2N6O.HI/c1-3-21-18(22-9-13-4-5-14(19)8-16(13)20)25-6-7-26(17(27)12-25)15-10-23-24(2)11-15;/h4-5,8,10-11H,3,6-7,9,12H2,1-2H3,(H,21,22);1H. The number of aryl methyl sites for hydroxylation is 1. The average Bonchev–Trinajstić information content (AvgIpc) is 3.06. The minimum atomic E-state index is -0.632. The Labute approximate surface area is 179 Å². The molecule has 0 spiro atoms. The van der Waals surface area contributed by atoms with Gasteiger partial charge >= 0.3 is 0 Å². The van der Waals surface area contributed by atoms with Crippen LogP contribution >= 0.6 is 24.0 Å². The van der Waals surface area contributed by atoms with E-state index in [0.717, 1.165) is 11.8 Å². The lowest BCUT2D eigenvalue weighted by atomic mass is 10.2. The van der Waals surface area contributed by atoms with Gasteiger partial charge in [0, 0.05) is 44.5 Å². The number of nitrogens with one attached hydrogen (secondary N) is 1. The van der Waals surface area contributed by atoms with Crippen molar-refractivity contribution in [2.45, 2.75) is 13.5 Å². The van der Waals surface area contributed by atoms with E-state index in [0.29, 0.717) is 31.2 Å². The molecule has 0 bridgehead atoms. The van der Waals surface area contributed by atoms with Gasteiger partial charge < -0.3 is 15.1 Å². The van der Waals surface area contributed by atoms with Crippen LogP contribution in [-0.4, -0.2) is 52.7 Å². The Balaban J connectivity index is 0.00000280. The molecule has 1 aromatic carbocycles. The zero-order valence-electron chi connectivity index (χ0n) is 15.7. The maximum absolute atomic E-state index is 13.8. The van der Waals surface area contributed by atoms with Crippen molar-refractivity contribution in [2.75, 3.05) is 31.1 Å². The number of nitrogens with zero attached hydrogens (tertiary/aromatic N) is 5. The van der Waals surface area contributed by atoms with Crippen molar-refractivity contribution in [2.24, 2.45) is 12.0 Å². The predicted molar refractivity (Wildman–Crippen MR) is 114 cm³/mol. The number of carbonyl (C=O) groups is 1. The summed E-state index contributed by atoms with van der Waals surface area (Å²) >= 11 is 0. The molecule has 0 unspecified atom stereocenters. The Morgan fingerprint density at radius 3 is 2.71 bits per heavy atom. The molecule has 1 saturated heterocycles. The molecule has 10 heteroatoms. The number of guanidine groups is 1. The zero-order chi connectivity index (χ0) is 19.4. The molecule has 3 rings (SSSR count). The highest BCUT2D eigenvalue weighted by atomic mass is 127. The van der Waals surface area contributed by atoms with Crippen LogP contribution in [0.25, 0.3) is 0 Å². The molecule has 1 aliphatic rings. The van der Waals surface area contributed by atoms with E-state index in [4.69, 9.17) is 0 Å². The van der Waals surface area contributed by atoms with Crippen molar-refractivity contribution in [3.63, 3.8) is 0 Å². The van der Waals surface area contributed by atoms with Gasteiger partial charge in [-0.1, -0.05) is 6.07 Å². The van der Waals surface area contributed by atoms with Crippen LogP contribution in [0.5, 0.6) is 0 Å². The van der Waals surface area contributed by atoms with E-state index in [1.54, 1.807) is 29.0 Å². The SMILES string of the molecule is CCNC(=NCc1ccc(F)cc1F)N1CCN(c2cnn(C)c2)C(=O)C1.I. The number of aliphatic imine (C=N–C) groups is 1. The second-order valence-corrected chi connectivity index (χ2v) is 6.25. The van der Waals surface area contributed by atoms with E-state index in [1.165, 1.54) is 12.1 Å². The predicted octanol–water partition coefficient (Wildman–Crippen LogP) is 2.13. The minimum absolute atomic E-state index is 0. The highest BCUT2D eigenvalue weighted by molar-refractivity contribution is 14.0. The summed E-state index contributed by atoms with van der Waals surface area (Å²) in [5.41, 5.74) is 1.06. The Hall–Kier alpha value is -2.24. The van der Waals surface area contributed by atoms with Crippen LogP contribution in [0.1, 0.15) is 12.5 Å².